The number of nitrogens with one attached hydrogen (secondary N) is 2. The second-order valence-electron chi connectivity index (χ2n) is 7.50. The lowest BCUT2D eigenvalue weighted by molar-refractivity contribution is -0.113. The van der Waals surface area contributed by atoms with Crippen LogP contribution in [0.25, 0.3) is 0 Å². The standard InChI is InChI=1S/C24H30N6O2S/c1-4-30(5-2)21(18-10-7-6-8-11-18)15-25-23(32)19-12-9-13-20(14-19)27-22(31)16-33-24-28-26-17-29(24)3/h6-14,17,21H,4-5,15-16H2,1-3H3,(H,25,32)(H,27,31). The van der Waals surface area contributed by atoms with E-state index in [9.17, 15) is 9.59 Å². The van der Waals surface area contributed by atoms with Crippen LogP contribution >= 0.6 is 11.8 Å². The van der Waals surface area contributed by atoms with E-state index in [-0.39, 0.29) is 23.6 Å². The van der Waals surface area contributed by atoms with Crippen LogP contribution in [0.2, 0.25) is 0 Å². The van der Waals surface area contributed by atoms with Gasteiger partial charge in [0.15, 0.2) is 5.16 Å². The van der Waals surface area contributed by atoms with Crippen LogP contribution < -0.4 is 10.6 Å². The number of carbonyl (C=O) groups is 2. The molecule has 0 aliphatic carbocycles. The van der Waals surface area contributed by atoms with Gasteiger partial charge < -0.3 is 15.2 Å². The summed E-state index contributed by atoms with van der Waals surface area (Å²) in [5.41, 5.74) is 2.25. The number of likely N-dealkylation sites (N-methyl/N-ethyl adjacent to an activating group) is 1. The summed E-state index contributed by atoms with van der Waals surface area (Å²) in [4.78, 5) is 27.5. The van der Waals surface area contributed by atoms with Crippen molar-refractivity contribution in [3.05, 3.63) is 72.1 Å². The minimum atomic E-state index is -0.175. The molecule has 8 nitrogen and oxygen atoms in total. The van der Waals surface area contributed by atoms with Crippen LogP contribution in [0.1, 0.15) is 35.8 Å². The van der Waals surface area contributed by atoms with Gasteiger partial charge in [-0.15, -0.1) is 10.2 Å². The average molecular weight is 467 g/mol. The van der Waals surface area contributed by atoms with E-state index in [1.807, 2.05) is 25.2 Å². The molecule has 0 aliphatic heterocycles. The fraction of sp³-hybridized carbons (Fsp3) is 0.333. The molecule has 33 heavy (non-hydrogen) atoms. The lowest BCUT2D eigenvalue weighted by atomic mass is 10.0. The Balaban J connectivity index is 1.60. The van der Waals surface area contributed by atoms with Crippen molar-refractivity contribution in [2.75, 3.05) is 30.7 Å². The molecule has 0 spiro atoms. The fourth-order valence-electron chi connectivity index (χ4n) is 3.56. The Morgan fingerprint density at radius 1 is 1.09 bits per heavy atom. The number of benzene rings is 2. The van der Waals surface area contributed by atoms with Crippen LogP contribution in [-0.2, 0) is 11.8 Å². The summed E-state index contributed by atoms with van der Waals surface area (Å²) < 4.78 is 1.75. The van der Waals surface area contributed by atoms with Crippen molar-refractivity contribution in [3.63, 3.8) is 0 Å². The van der Waals surface area contributed by atoms with Gasteiger partial charge in [0.25, 0.3) is 5.91 Å². The highest BCUT2D eigenvalue weighted by Gasteiger charge is 2.19. The maximum Gasteiger partial charge on any atom is 0.251 e. The van der Waals surface area contributed by atoms with Crippen LogP contribution in [0, 0.1) is 0 Å². The van der Waals surface area contributed by atoms with Crippen LogP contribution in [0.3, 0.4) is 0 Å². The van der Waals surface area contributed by atoms with Crippen molar-refractivity contribution in [2.45, 2.75) is 25.0 Å². The van der Waals surface area contributed by atoms with Gasteiger partial charge in [-0.2, -0.15) is 0 Å². The molecule has 2 aromatic carbocycles. The Morgan fingerprint density at radius 2 is 1.85 bits per heavy atom. The van der Waals surface area contributed by atoms with Gasteiger partial charge in [-0.25, -0.2) is 0 Å². The lowest BCUT2D eigenvalue weighted by Gasteiger charge is -2.30. The Kier molecular flexibility index (Phi) is 9.03. The van der Waals surface area contributed by atoms with Crippen molar-refractivity contribution in [1.82, 2.24) is 25.0 Å². The molecule has 0 bridgehead atoms. The highest BCUT2D eigenvalue weighted by Crippen LogP contribution is 2.20. The third-order valence-corrected chi connectivity index (χ3v) is 6.34. The van der Waals surface area contributed by atoms with Gasteiger partial charge >= 0.3 is 0 Å². The molecule has 0 fully saturated rings. The largest absolute Gasteiger partial charge is 0.350 e. The second kappa shape index (κ2) is 12.2. The first kappa shape index (κ1) is 24.5. The zero-order chi connectivity index (χ0) is 23.6. The molecule has 0 saturated carbocycles. The topological polar surface area (TPSA) is 92.2 Å². The maximum atomic E-state index is 12.9. The smallest absolute Gasteiger partial charge is 0.251 e. The first-order valence-electron chi connectivity index (χ1n) is 11.0. The predicted molar refractivity (Wildman–Crippen MR) is 131 cm³/mol. The number of nitrogens with zero attached hydrogens (tertiary/aromatic N) is 4. The number of aryl methyl sites for hydroxylation is 1. The van der Waals surface area contributed by atoms with E-state index in [2.05, 4.69) is 51.7 Å². The summed E-state index contributed by atoms with van der Waals surface area (Å²) in [6.07, 6.45) is 1.59. The summed E-state index contributed by atoms with van der Waals surface area (Å²) in [7, 11) is 1.82. The number of hydrogen-bond acceptors (Lipinski definition) is 6. The SMILES string of the molecule is CCN(CC)C(CNC(=O)c1cccc(NC(=O)CSc2nncn2C)c1)c1ccccc1. The van der Waals surface area contributed by atoms with E-state index < -0.39 is 0 Å². The molecule has 1 atom stereocenters. The molecule has 1 aromatic heterocycles. The molecule has 3 rings (SSSR count). The molecule has 2 amide bonds. The van der Waals surface area contributed by atoms with Gasteiger partial charge in [0.1, 0.15) is 6.33 Å². The third-order valence-electron chi connectivity index (χ3n) is 5.30. The molecule has 1 heterocycles. The average Bonchev–Trinajstić information content (AvgIpc) is 3.25. The Hall–Kier alpha value is -3.17. The van der Waals surface area contributed by atoms with Gasteiger partial charge in [-0.3, -0.25) is 14.5 Å². The molecule has 174 valence electrons. The van der Waals surface area contributed by atoms with E-state index in [0.717, 1.165) is 13.1 Å². The van der Waals surface area contributed by atoms with E-state index in [1.54, 1.807) is 35.2 Å². The number of thioether (sulfide) groups is 1. The fourth-order valence-corrected chi connectivity index (χ4v) is 4.25. The van der Waals surface area contributed by atoms with E-state index in [4.69, 9.17) is 0 Å². The van der Waals surface area contributed by atoms with Crippen molar-refractivity contribution >= 4 is 29.3 Å². The minimum absolute atomic E-state index is 0.0886. The van der Waals surface area contributed by atoms with Crippen molar-refractivity contribution in [2.24, 2.45) is 7.05 Å². The normalized spacial score (nSPS) is 11.9. The van der Waals surface area contributed by atoms with Gasteiger partial charge in [-0.1, -0.05) is 62.0 Å². The highest BCUT2D eigenvalue weighted by molar-refractivity contribution is 7.99. The Morgan fingerprint density at radius 3 is 2.52 bits per heavy atom. The minimum Gasteiger partial charge on any atom is -0.350 e. The quantitative estimate of drug-likeness (QED) is 0.421. The lowest BCUT2D eigenvalue weighted by Crippen LogP contribution is -2.38. The van der Waals surface area contributed by atoms with Crippen LogP contribution in [-0.4, -0.2) is 56.9 Å². The van der Waals surface area contributed by atoms with Crippen LogP contribution in [0.5, 0.6) is 0 Å². The molecular weight excluding hydrogens is 436 g/mol. The van der Waals surface area contributed by atoms with Crippen LogP contribution in [0.4, 0.5) is 5.69 Å². The molecule has 1 unspecified atom stereocenters. The molecular formula is C24H30N6O2S. The van der Waals surface area contributed by atoms with E-state index in [0.29, 0.717) is 23.0 Å². The maximum absolute atomic E-state index is 12.9. The number of rotatable bonds is 11. The third kappa shape index (κ3) is 6.90. The molecule has 2 N–H and O–H groups in total. The summed E-state index contributed by atoms with van der Waals surface area (Å²) in [6.45, 7) is 6.52. The zero-order valence-corrected chi connectivity index (χ0v) is 20.0. The summed E-state index contributed by atoms with van der Waals surface area (Å²) >= 11 is 1.30. The first-order chi connectivity index (χ1) is 16.0. The second-order valence-corrected chi connectivity index (χ2v) is 8.44. The number of aromatic nitrogens is 3. The predicted octanol–water partition coefficient (Wildman–Crippen LogP) is 3.36. The Bertz CT molecular complexity index is 1050. The van der Waals surface area contributed by atoms with Gasteiger partial charge in [0.2, 0.25) is 5.91 Å². The Labute approximate surface area is 198 Å². The van der Waals surface area contributed by atoms with Gasteiger partial charge in [0, 0.05) is 24.8 Å². The van der Waals surface area contributed by atoms with Crippen molar-refractivity contribution in [3.8, 4) is 0 Å². The number of anilines is 1. The van der Waals surface area contributed by atoms with Crippen molar-refractivity contribution in [1.29, 1.82) is 0 Å². The molecule has 9 heteroatoms. The van der Waals surface area contributed by atoms with E-state index >= 15 is 0 Å². The summed E-state index contributed by atoms with van der Waals surface area (Å²) in [5, 5.41) is 14.3. The molecule has 0 aliphatic rings. The zero-order valence-electron chi connectivity index (χ0n) is 19.2. The van der Waals surface area contributed by atoms with Crippen molar-refractivity contribution < 1.29 is 9.59 Å². The molecule has 3 aromatic rings. The molecule has 0 saturated heterocycles. The van der Waals surface area contributed by atoms with Gasteiger partial charge in [0.05, 0.1) is 11.8 Å². The van der Waals surface area contributed by atoms with E-state index in [1.165, 1.54) is 17.3 Å². The highest BCUT2D eigenvalue weighted by atomic mass is 32.2. The van der Waals surface area contributed by atoms with Crippen LogP contribution in [0.15, 0.2) is 66.1 Å². The summed E-state index contributed by atoms with van der Waals surface area (Å²) in [6, 6.07) is 17.3. The van der Waals surface area contributed by atoms with Gasteiger partial charge in [-0.05, 0) is 36.9 Å². The number of amides is 2. The number of hydrogen-bond donors (Lipinski definition) is 2. The summed E-state index contributed by atoms with van der Waals surface area (Å²) in [5.74, 6) is -0.148. The molecule has 0 radical (unpaired) electrons. The number of carbonyl (C=O) groups excluding carboxylic acids is 2. The first-order valence-corrected chi connectivity index (χ1v) is 11.9. The monoisotopic (exact) mass is 466 g/mol.